The van der Waals surface area contributed by atoms with Crippen LogP contribution in [-0.4, -0.2) is 22.5 Å². The topological polar surface area (TPSA) is 49.4 Å². The number of nitrogens with zero attached hydrogens (tertiary/aromatic N) is 1. The molecule has 4 aromatic rings. The van der Waals surface area contributed by atoms with Crippen molar-refractivity contribution in [3.05, 3.63) is 102 Å². The molecule has 0 saturated carbocycles. The van der Waals surface area contributed by atoms with Crippen molar-refractivity contribution in [1.29, 1.82) is 0 Å². The molecule has 0 spiro atoms. The molecule has 0 saturated heterocycles. The highest BCUT2D eigenvalue weighted by molar-refractivity contribution is 7.93. The van der Waals surface area contributed by atoms with Crippen molar-refractivity contribution in [2.45, 2.75) is 11.3 Å². The molecule has 0 radical (unpaired) electrons. The Hall–Kier alpha value is -3.31. The molecule has 0 heterocycles. The second kappa shape index (κ2) is 8.20. The second-order valence-electron chi connectivity index (χ2n) is 7.49. The number of benzene rings is 4. The van der Waals surface area contributed by atoms with Gasteiger partial charge in [0, 0.05) is 36.2 Å². The lowest BCUT2D eigenvalue weighted by Crippen LogP contribution is -2.14. The van der Waals surface area contributed by atoms with Gasteiger partial charge in [-0.2, -0.15) is 0 Å². The van der Waals surface area contributed by atoms with Gasteiger partial charge in [-0.1, -0.05) is 66.7 Å². The summed E-state index contributed by atoms with van der Waals surface area (Å²) in [4.78, 5) is 2.26. The average Bonchev–Trinajstić information content (AvgIpc) is 2.73. The summed E-state index contributed by atoms with van der Waals surface area (Å²) in [7, 11) is 0.161. The summed E-state index contributed by atoms with van der Waals surface area (Å²) in [6, 6.07) is 28.8. The van der Waals surface area contributed by atoms with Crippen LogP contribution in [0.15, 0.2) is 95.9 Å². The van der Waals surface area contributed by atoms with E-state index in [1.165, 1.54) is 5.56 Å². The first-order chi connectivity index (χ1) is 14.4. The summed E-state index contributed by atoms with van der Waals surface area (Å²) in [6.45, 7) is 0. The van der Waals surface area contributed by atoms with E-state index in [4.69, 9.17) is 0 Å². The van der Waals surface area contributed by atoms with Gasteiger partial charge in [0.1, 0.15) is 0 Å². The van der Waals surface area contributed by atoms with E-state index in [2.05, 4.69) is 16.9 Å². The number of hydrogen-bond donors (Lipinski definition) is 1. The molecule has 0 aliphatic heterocycles. The number of nitrogens with one attached hydrogen (secondary N) is 1. The predicted molar refractivity (Wildman–Crippen MR) is 125 cm³/mol. The van der Waals surface area contributed by atoms with Crippen LogP contribution in [0.5, 0.6) is 0 Å². The second-order valence-corrected chi connectivity index (χ2v) is 9.14. The van der Waals surface area contributed by atoms with Crippen LogP contribution in [0.3, 0.4) is 0 Å². The fourth-order valence-electron chi connectivity index (χ4n) is 3.68. The Kier molecular flexibility index (Phi) is 5.46. The Morgan fingerprint density at radius 2 is 1.40 bits per heavy atom. The molecule has 1 N–H and O–H groups in total. The van der Waals surface area contributed by atoms with Crippen LogP contribution in [0.25, 0.3) is 10.8 Å². The van der Waals surface area contributed by atoms with Gasteiger partial charge in [-0.15, -0.1) is 0 Å². The van der Waals surface area contributed by atoms with Crippen LogP contribution in [0.2, 0.25) is 0 Å². The van der Waals surface area contributed by atoms with Crippen molar-refractivity contribution in [3.8, 4) is 0 Å². The SMILES string of the molecule is CN(C)c1cccc2c(S(=O)(=O)Nc3cccc(Cc4ccccc4)c3)cccc12. The molecule has 0 aliphatic carbocycles. The molecular formula is C25H24N2O2S. The van der Waals surface area contributed by atoms with Gasteiger partial charge in [-0.05, 0) is 41.8 Å². The smallest absolute Gasteiger partial charge is 0.262 e. The molecule has 30 heavy (non-hydrogen) atoms. The third-order valence-corrected chi connectivity index (χ3v) is 6.50. The summed E-state index contributed by atoms with van der Waals surface area (Å²) in [6.07, 6.45) is 0.747. The summed E-state index contributed by atoms with van der Waals surface area (Å²) in [5.74, 6) is 0. The van der Waals surface area contributed by atoms with Crippen molar-refractivity contribution >= 4 is 32.2 Å². The molecule has 0 atom stereocenters. The maximum atomic E-state index is 13.2. The number of rotatable bonds is 6. The van der Waals surface area contributed by atoms with Crippen LogP contribution in [-0.2, 0) is 16.4 Å². The van der Waals surface area contributed by atoms with E-state index < -0.39 is 10.0 Å². The number of fused-ring (bicyclic) bond motifs is 1. The third kappa shape index (κ3) is 4.16. The lowest BCUT2D eigenvalue weighted by atomic mass is 10.0. The van der Waals surface area contributed by atoms with Crippen molar-refractivity contribution in [1.82, 2.24) is 0 Å². The molecule has 0 amide bonds. The Labute approximate surface area is 177 Å². The van der Waals surface area contributed by atoms with E-state index in [0.717, 1.165) is 23.1 Å². The van der Waals surface area contributed by atoms with Gasteiger partial charge >= 0.3 is 0 Å². The third-order valence-electron chi connectivity index (χ3n) is 5.06. The molecule has 4 rings (SSSR count). The summed E-state index contributed by atoms with van der Waals surface area (Å²) < 4.78 is 29.2. The highest BCUT2D eigenvalue weighted by atomic mass is 32.2. The van der Waals surface area contributed by atoms with Crippen molar-refractivity contribution in [2.24, 2.45) is 0 Å². The fourth-order valence-corrected chi connectivity index (χ4v) is 4.95. The first-order valence-electron chi connectivity index (χ1n) is 9.79. The first kappa shape index (κ1) is 20.0. The van der Waals surface area contributed by atoms with Crippen LogP contribution in [0.1, 0.15) is 11.1 Å². The monoisotopic (exact) mass is 416 g/mol. The average molecular weight is 417 g/mol. The molecule has 0 aliphatic rings. The zero-order chi connectivity index (χ0) is 21.1. The van der Waals surface area contributed by atoms with Gasteiger partial charge in [0.2, 0.25) is 0 Å². The van der Waals surface area contributed by atoms with Gasteiger partial charge in [0.05, 0.1) is 4.90 Å². The molecule has 152 valence electrons. The molecule has 4 nitrogen and oxygen atoms in total. The normalized spacial score (nSPS) is 11.4. The van der Waals surface area contributed by atoms with E-state index in [0.29, 0.717) is 11.1 Å². The molecule has 5 heteroatoms. The molecule has 0 unspecified atom stereocenters. The number of hydrogen-bond acceptors (Lipinski definition) is 3. The number of anilines is 2. The predicted octanol–water partition coefficient (Wildman–Crippen LogP) is 5.30. The Bertz CT molecular complexity index is 1280. The van der Waals surface area contributed by atoms with Crippen LogP contribution < -0.4 is 9.62 Å². The minimum absolute atomic E-state index is 0.275. The minimum atomic E-state index is -3.74. The van der Waals surface area contributed by atoms with Gasteiger partial charge < -0.3 is 4.90 Å². The Balaban J connectivity index is 1.67. The van der Waals surface area contributed by atoms with E-state index in [-0.39, 0.29) is 4.90 Å². The van der Waals surface area contributed by atoms with Gasteiger partial charge in [0.25, 0.3) is 10.0 Å². The zero-order valence-corrected chi connectivity index (χ0v) is 17.9. The summed E-state index contributed by atoms with van der Waals surface area (Å²) in [5, 5.41) is 1.61. The zero-order valence-electron chi connectivity index (χ0n) is 17.0. The molecule has 4 aromatic carbocycles. The van der Waals surface area contributed by atoms with Gasteiger partial charge in [-0.25, -0.2) is 8.42 Å². The maximum Gasteiger partial charge on any atom is 0.262 e. The fraction of sp³-hybridized carbons (Fsp3) is 0.120. The van der Waals surface area contributed by atoms with Crippen molar-refractivity contribution in [2.75, 3.05) is 23.7 Å². The number of sulfonamides is 1. The largest absolute Gasteiger partial charge is 0.377 e. The highest BCUT2D eigenvalue weighted by Gasteiger charge is 2.19. The van der Waals surface area contributed by atoms with Crippen molar-refractivity contribution in [3.63, 3.8) is 0 Å². The van der Waals surface area contributed by atoms with E-state index >= 15 is 0 Å². The van der Waals surface area contributed by atoms with Crippen molar-refractivity contribution < 1.29 is 8.42 Å². The standard InChI is InChI=1S/C25H24N2O2S/c1-27(2)24-15-7-14-23-22(24)13-8-16-25(23)30(28,29)26-21-12-6-11-20(18-21)17-19-9-4-3-5-10-19/h3-16,18,26H,17H2,1-2H3. The Morgan fingerprint density at radius 1 is 0.733 bits per heavy atom. The summed E-state index contributed by atoms with van der Waals surface area (Å²) in [5.41, 5.74) is 3.77. The lowest BCUT2D eigenvalue weighted by molar-refractivity contribution is 0.602. The molecule has 0 fully saturated rings. The van der Waals surface area contributed by atoms with Crippen LogP contribution in [0.4, 0.5) is 11.4 Å². The van der Waals surface area contributed by atoms with E-state index in [1.54, 1.807) is 18.2 Å². The Morgan fingerprint density at radius 3 is 2.17 bits per heavy atom. The summed E-state index contributed by atoms with van der Waals surface area (Å²) >= 11 is 0. The van der Waals surface area contributed by atoms with Gasteiger partial charge in [-0.3, -0.25) is 4.72 Å². The molecule has 0 aromatic heterocycles. The highest BCUT2D eigenvalue weighted by Crippen LogP contribution is 2.31. The van der Waals surface area contributed by atoms with Crippen LogP contribution >= 0.6 is 0 Å². The lowest BCUT2D eigenvalue weighted by Gasteiger charge is -2.17. The van der Waals surface area contributed by atoms with Crippen LogP contribution in [0, 0.1) is 0 Å². The van der Waals surface area contributed by atoms with E-state index in [9.17, 15) is 8.42 Å². The van der Waals surface area contributed by atoms with E-state index in [1.807, 2.05) is 79.7 Å². The quantitative estimate of drug-likeness (QED) is 0.464. The van der Waals surface area contributed by atoms with Gasteiger partial charge in [0.15, 0.2) is 0 Å². The minimum Gasteiger partial charge on any atom is -0.377 e. The molecule has 0 bridgehead atoms. The maximum absolute atomic E-state index is 13.2. The molecular weight excluding hydrogens is 392 g/mol. The first-order valence-corrected chi connectivity index (χ1v) is 11.3.